The van der Waals surface area contributed by atoms with Gasteiger partial charge in [-0.2, -0.15) is 0 Å². The van der Waals surface area contributed by atoms with Gasteiger partial charge < -0.3 is 15.4 Å². The van der Waals surface area contributed by atoms with Crippen LogP contribution in [0.3, 0.4) is 0 Å². The summed E-state index contributed by atoms with van der Waals surface area (Å²) in [6.45, 7) is 7.94. The summed E-state index contributed by atoms with van der Waals surface area (Å²) in [4.78, 5) is 7.56. The maximum absolute atomic E-state index is 12.3. The number of benzene rings is 1. The number of hydrogen-bond donors (Lipinski definition) is 2. The molecule has 1 aromatic rings. The number of likely N-dealkylation sites (tertiary alicyclic amines) is 1. The second kappa shape index (κ2) is 12.4. The summed E-state index contributed by atoms with van der Waals surface area (Å²) < 4.78 is 17.7. The third-order valence-corrected chi connectivity index (χ3v) is 8.21. The number of nitrogens with zero attached hydrogens (tertiary/aromatic N) is 2. The second-order valence-electron chi connectivity index (χ2n) is 8.55. The average Bonchev–Trinajstić information content (AvgIpc) is 3.34. The first-order valence-corrected chi connectivity index (χ1v) is 13.3. The molecule has 1 aliphatic carbocycles. The zero-order valence-electron chi connectivity index (χ0n) is 19.4. The molecule has 2 aliphatic rings. The van der Waals surface area contributed by atoms with Gasteiger partial charge in [0.25, 0.3) is 0 Å². The highest BCUT2D eigenvalue weighted by Gasteiger charge is 2.27. The van der Waals surface area contributed by atoms with Crippen molar-refractivity contribution >= 4 is 16.8 Å². The van der Waals surface area contributed by atoms with E-state index in [-0.39, 0.29) is 6.04 Å². The van der Waals surface area contributed by atoms with Gasteiger partial charge in [0.1, 0.15) is 5.75 Å². The normalized spacial score (nSPS) is 24.5. The molecule has 0 amide bonds. The minimum absolute atomic E-state index is 0.274. The maximum atomic E-state index is 12.3. The summed E-state index contributed by atoms with van der Waals surface area (Å²) in [6, 6.07) is 9.05. The van der Waals surface area contributed by atoms with Crippen molar-refractivity contribution in [2.75, 3.05) is 39.0 Å². The predicted octanol–water partition coefficient (Wildman–Crippen LogP) is 3.47. The Balaban J connectivity index is 1.69. The molecule has 174 valence electrons. The van der Waals surface area contributed by atoms with Gasteiger partial charge in [0.15, 0.2) is 5.96 Å². The fourth-order valence-electron chi connectivity index (χ4n) is 4.75. The molecule has 0 spiro atoms. The van der Waals surface area contributed by atoms with E-state index in [9.17, 15) is 4.21 Å². The lowest BCUT2D eigenvalue weighted by atomic mass is 9.95. The molecule has 4 atom stereocenters. The molecule has 31 heavy (non-hydrogen) atoms. The summed E-state index contributed by atoms with van der Waals surface area (Å²) in [5.74, 6) is 2.53. The topological polar surface area (TPSA) is 66.0 Å². The minimum atomic E-state index is -0.711. The van der Waals surface area contributed by atoms with Gasteiger partial charge in [-0.1, -0.05) is 25.5 Å². The number of guanidine groups is 1. The third-order valence-electron chi connectivity index (χ3n) is 6.47. The van der Waals surface area contributed by atoms with Crippen LogP contribution in [0, 0.1) is 0 Å². The number of aliphatic imine (C=N–C) groups is 1. The van der Waals surface area contributed by atoms with Crippen molar-refractivity contribution < 1.29 is 8.95 Å². The molecule has 1 aromatic carbocycles. The van der Waals surface area contributed by atoms with Crippen LogP contribution >= 0.6 is 0 Å². The van der Waals surface area contributed by atoms with Crippen molar-refractivity contribution in [1.82, 2.24) is 15.5 Å². The Kier molecular flexibility index (Phi) is 9.65. The van der Waals surface area contributed by atoms with Gasteiger partial charge in [-0.25, -0.2) is 0 Å². The molecule has 1 aliphatic heterocycles. The van der Waals surface area contributed by atoms with Gasteiger partial charge in [-0.05, 0) is 69.8 Å². The van der Waals surface area contributed by atoms with Crippen LogP contribution < -0.4 is 15.4 Å². The van der Waals surface area contributed by atoms with E-state index in [0.29, 0.717) is 11.3 Å². The number of ether oxygens (including phenoxy) is 1. The summed E-state index contributed by atoms with van der Waals surface area (Å²) in [7, 11) is 0.995. The molecule has 1 saturated heterocycles. The molecular weight excluding hydrogens is 408 g/mol. The summed E-state index contributed by atoms with van der Waals surface area (Å²) in [5.41, 5.74) is 1.29. The SMILES string of the molecule is CCNC(=NCC(c1ccc(OC)cc1)N1CCCC1)NC1CCCC(S(=O)CC)C1. The number of hydrogen-bond acceptors (Lipinski definition) is 4. The fraction of sp³-hybridized carbons (Fsp3) is 0.708. The molecule has 0 aromatic heterocycles. The number of nitrogens with one attached hydrogen (secondary N) is 2. The van der Waals surface area contributed by atoms with Gasteiger partial charge in [-0.3, -0.25) is 14.1 Å². The average molecular weight is 449 g/mol. The lowest BCUT2D eigenvalue weighted by molar-refractivity contribution is 0.251. The lowest BCUT2D eigenvalue weighted by Crippen LogP contribution is -2.47. The highest BCUT2D eigenvalue weighted by Crippen LogP contribution is 2.27. The van der Waals surface area contributed by atoms with Crippen LogP contribution in [0.5, 0.6) is 5.75 Å². The van der Waals surface area contributed by atoms with Gasteiger partial charge >= 0.3 is 0 Å². The summed E-state index contributed by atoms with van der Waals surface area (Å²) in [5, 5.41) is 7.39. The highest BCUT2D eigenvalue weighted by molar-refractivity contribution is 7.85. The van der Waals surface area contributed by atoms with Gasteiger partial charge in [0, 0.05) is 34.4 Å². The van der Waals surface area contributed by atoms with E-state index in [0.717, 1.165) is 69.3 Å². The first-order chi connectivity index (χ1) is 15.1. The first-order valence-electron chi connectivity index (χ1n) is 11.9. The van der Waals surface area contributed by atoms with Crippen LogP contribution in [0.1, 0.15) is 64.0 Å². The summed E-state index contributed by atoms with van der Waals surface area (Å²) in [6.07, 6.45) is 6.82. The van der Waals surface area contributed by atoms with Crippen molar-refractivity contribution in [3.63, 3.8) is 0 Å². The Hall–Kier alpha value is -1.60. The van der Waals surface area contributed by atoms with Crippen LogP contribution in [0.15, 0.2) is 29.3 Å². The Labute approximate surface area is 190 Å². The number of rotatable bonds is 9. The zero-order valence-corrected chi connectivity index (χ0v) is 20.3. The van der Waals surface area contributed by atoms with Crippen LogP contribution in [0.25, 0.3) is 0 Å². The van der Waals surface area contributed by atoms with Crippen molar-refractivity contribution in [1.29, 1.82) is 0 Å². The standard InChI is InChI=1S/C24H40N4O2S/c1-4-25-24(27-20-9-8-10-22(17-20)31(29)5-2)26-18-23(28-15-6-7-16-28)19-11-13-21(30-3)14-12-19/h11-14,20,22-23H,4-10,15-18H2,1-3H3,(H2,25,26,27). The molecule has 2 N–H and O–H groups in total. The smallest absolute Gasteiger partial charge is 0.191 e. The quantitative estimate of drug-likeness (QED) is 0.447. The molecule has 0 bridgehead atoms. The zero-order chi connectivity index (χ0) is 22.1. The van der Waals surface area contributed by atoms with E-state index in [1.807, 2.05) is 19.1 Å². The highest BCUT2D eigenvalue weighted by atomic mass is 32.2. The van der Waals surface area contributed by atoms with E-state index in [2.05, 4.69) is 34.6 Å². The Morgan fingerprint density at radius 3 is 2.58 bits per heavy atom. The van der Waals surface area contributed by atoms with Gasteiger partial charge in [0.2, 0.25) is 0 Å². The minimum Gasteiger partial charge on any atom is -0.497 e. The van der Waals surface area contributed by atoms with E-state index in [1.165, 1.54) is 18.4 Å². The largest absolute Gasteiger partial charge is 0.497 e. The number of methoxy groups -OCH3 is 1. The Bertz CT molecular complexity index is 719. The molecule has 1 saturated carbocycles. The monoisotopic (exact) mass is 448 g/mol. The van der Waals surface area contributed by atoms with Crippen molar-refractivity contribution in [2.45, 2.75) is 69.7 Å². The van der Waals surface area contributed by atoms with Crippen LogP contribution in [-0.2, 0) is 10.8 Å². The van der Waals surface area contributed by atoms with Gasteiger partial charge in [0.05, 0.1) is 19.7 Å². The molecular formula is C24H40N4O2S. The molecule has 6 nitrogen and oxygen atoms in total. The van der Waals surface area contributed by atoms with E-state index in [1.54, 1.807) is 7.11 Å². The Morgan fingerprint density at radius 1 is 1.19 bits per heavy atom. The van der Waals surface area contributed by atoms with E-state index >= 15 is 0 Å². The predicted molar refractivity (Wildman–Crippen MR) is 130 cm³/mol. The molecule has 0 radical (unpaired) electrons. The van der Waals surface area contributed by atoms with Crippen molar-refractivity contribution in [3.05, 3.63) is 29.8 Å². The second-order valence-corrected chi connectivity index (χ2v) is 10.6. The van der Waals surface area contributed by atoms with Gasteiger partial charge in [-0.15, -0.1) is 0 Å². The first kappa shape index (κ1) is 24.1. The summed E-state index contributed by atoms with van der Waals surface area (Å²) >= 11 is 0. The lowest BCUT2D eigenvalue weighted by Gasteiger charge is -2.31. The van der Waals surface area contributed by atoms with E-state index in [4.69, 9.17) is 9.73 Å². The Morgan fingerprint density at radius 2 is 1.94 bits per heavy atom. The third kappa shape index (κ3) is 6.94. The van der Waals surface area contributed by atoms with E-state index < -0.39 is 10.8 Å². The molecule has 4 unspecified atom stereocenters. The van der Waals surface area contributed by atoms with Crippen LogP contribution in [0.2, 0.25) is 0 Å². The molecule has 2 fully saturated rings. The van der Waals surface area contributed by atoms with Crippen molar-refractivity contribution in [2.24, 2.45) is 4.99 Å². The fourth-order valence-corrected chi connectivity index (χ4v) is 6.10. The molecule has 7 heteroatoms. The van der Waals surface area contributed by atoms with Crippen LogP contribution in [-0.4, -0.2) is 65.4 Å². The molecule has 3 rings (SSSR count). The van der Waals surface area contributed by atoms with Crippen molar-refractivity contribution in [3.8, 4) is 5.75 Å². The molecule has 1 heterocycles. The maximum Gasteiger partial charge on any atom is 0.191 e. The van der Waals surface area contributed by atoms with Crippen LogP contribution in [0.4, 0.5) is 0 Å².